The summed E-state index contributed by atoms with van der Waals surface area (Å²) in [7, 11) is 0. The van der Waals surface area contributed by atoms with Gasteiger partial charge in [0.15, 0.2) is 0 Å². The highest BCUT2D eigenvalue weighted by Gasteiger charge is 2.09. The molecule has 1 saturated heterocycles. The van der Waals surface area contributed by atoms with Crippen LogP contribution in [-0.2, 0) is 0 Å². The Morgan fingerprint density at radius 1 is 1.40 bits per heavy atom. The maximum atomic E-state index is 3.81. The third-order valence-electron chi connectivity index (χ3n) is 1.90. The van der Waals surface area contributed by atoms with Crippen LogP contribution in [0.1, 0.15) is 19.3 Å². The average Bonchev–Trinajstić information content (AvgIpc) is 2.34. The first kappa shape index (κ1) is 8.28. The highest BCUT2D eigenvalue weighted by molar-refractivity contribution is 9.11. The molecule has 0 saturated carbocycles. The molecule has 10 heavy (non-hydrogen) atoms. The van der Waals surface area contributed by atoms with Gasteiger partial charge in [-0.25, -0.2) is 0 Å². The lowest BCUT2D eigenvalue weighted by molar-refractivity contribution is 0.345. The van der Waals surface area contributed by atoms with Crippen LogP contribution in [0.5, 0.6) is 0 Å². The molecule has 1 nitrogen and oxygen atoms in total. The summed E-state index contributed by atoms with van der Waals surface area (Å²) >= 11 is 3.36. The molecule has 2 heteroatoms. The molecular formula is C8H14BrN. The summed E-state index contributed by atoms with van der Waals surface area (Å²) in [5.41, 5.74) is 0. The van der Waals surface area contributed by atoms with Gasteiger partial charge in [-0.3, -0.25) is 0 Å². The highest BCUT2D eigenvalue weighted by Crippen LogP contribution is 2.12. The van der Waals surface area contributed by atoms with Crippen molar-refractivity contribution in [1.29, 1.82) is 0 Å². The van der Waals surface area contributed by atoms with Crippen molar-refractivity contribution in [3.05, 3.63) is 11.1 Å². The molecule has 0 aliphatic carbocycles. The molecule has 1 heterocycles. The standard InChI is InChI=1S/C8H14BrN/c1-8(9)4-7-10-5-2-3-6-10/h1-7H2. The van der Waals surface area contributed by atoms with Gasteiger partial charge in [-0.05, 0) is 36.8 Å². The van der Waals surface area contributed by atoms with Crippen LogP contribution in [0.25, 0.3) is 0 Å². The highest BCUT2D eigenvalue weighted by atomic mass is 79.9. The number of nitrogens with zero attached hydrogens (tertiary/aromatic N) is 1. The molecule has 58 valence electrons. The normalized spacial score (nSPS) is 19.7. The first-order valence-corrected chi connectivity index (χ1v) is 4.64. The fourth-order valence-electron chi connectivity index (χ4n) is 1.29. The molecule has 0 bridgehead atoms. The molecule has 0 radical (unpaired) electrons. The van der Waals surface area contributed by atoms with E-state index < -0.39 is 0 Å². The van der Waals surface area contributed by atoms with Gasteiger partial charge in [-0.15, -0.1) is 0 Å². The fraction of sp³-hybridized carbons (Fsp3) is 0.750. The van der Waals surface area contributed by atoms with E-state index in [2.05, 4.69) is 27.4 Å². The first-order valence-electron chi connectivity index (χ1n) is 3.84. The second-order valence-electron chi connectivity index (χ2n) is 2.82. The second-order valence-corrected chi connectivity index (χ2v) is 3.94. The SMILES string of the molecule is C=C(Br)CCN1CCCC1. The lowest BCUT2D eigenvalue weighted by Gasteiger charge is -2.12. The molecule has 0 N–H and O–H groups in total. The van der Waals surface area contributed by atoms with E-state index in [4.69, 9.17) is 0 Å². The second kappa shape index (κ2) is 4.14. The van der Waals surface area contributed by atoms with Crippen LogP contribution < -0.4 is 0 Å². The van der Waals surface area contributed by atoms with E-state index in [1.165, 1.54) is 32.5 Å². The maximum absolute atomic E-state index is 3.81. The van der Waals surface area contributed by atoms with Gasteiger partial charge in [0.1, 0.15) is 0 Å². The van der Waals surface area contributed by atoms with E-state index >= 15 is 0 Å². The summed E-state index contributed by atoms with van der Waals surface area (Å²) in [6.07, 6.45) is 3.86. The van der Waals surface area contributed by atoms with Crippen LogP contribution in [0.2, 0.25) is 0 Å². The summed E-state index contributed by atoms with van der Waals surface area (Å²) in [6.45, 7) is 7.57. The Balaban J connectivity index is 2.07. The van der Waals surface area contributed by atoms with Crippen molar-refractivity contribution in [3.63, 3.8) is 0 Å². The van der Waals surface area contributed by atoms with Crippen molar-refractivity contribution in [2.24, 2.45) is 0 Å². The summed E-state index contributed by atoms with van der Waals surface area (Å²) in [4.78, 5) is 2.49. The zero-order valence-electron chi connectivity index (χ0n) is 6.27. The summed E-state index contributed by atoms with van der Waals surface area (Å²) in [6, 6.07) is 0. The topological polar surface area (TPSA) is 3.24 Å². The zero-order valence-corrected chi connectivity index (χ0v) is 7.86. The number of hydrogen-bond donors (Lipinski definition) is 0. The largest absolute Gasteiger partial charge is 0.303 e. The Labute approximate surface area is 71.2 Å². The van der Waals surface area contributed by atoms with Gasteiger partial charge in [0.25, 0.3) is 0 Å². The molecule has 0 aromatic carbocycles. The van der Waals surface area contributed by atoms with E-state index in [1.54, 1.807) is 0 Å². The monoisotopic (exact) mass is 203 g/mol. The summed E-state index contributed by atoms with van der Waals surface area (Å²) in [5, 5.41) is 0. The molecule has 0 atom stereocenters. The van der Waals surface area contributed by atoms with Crippen LogP contribution in [0.4, 0.5) is 0 Å². The van der Waals surface area contributed by atoms with Crippen LogP contribution in [-0.4, -0.2) is 24.5 Å². The number of likely N-dealkylation sites (tertiary alicyclic amines) is 1. The van der Waals surface area contributed by atoms with Gasteiger partial charge in [0, 0.05) is 6.54 Å². The van der Waals surface area contributed by atoms with Crippen LogP contribution in [0.3, 0.4) is 0 Å². The van der Waals surface area contributed by atoms with Gasteiger partial charge < -0.3 is 4.90 Å². The van der Waals surface area contributed by atoms with E-state index in [-0.39, 0.29) is 0 Å². The molecule has 0 aromatic rings. The molecular weight excluding hydrogens is 190 g/mol. The minimum Gasteiger partial charge on any atom is -0.303 e. The van der Waals surface area contributed by atoms with Gasteiger partial charge in [-0.1, -0.05) is 22.5 Å². The van der Waals surface area contributed by atoms with E-state index in [0.29, 0.717) is 0 Å². The molecule has 1 fully saturated rings. The smallest absolute Gasteiger partial charge is 0.00267 e. The van der Waals surface area contributed by atoms with Crippen molar-refractivity contribution in [2.75, 3.05) is 19.6 Å². The number of hydrogen-bond acceptors (Lipinski definition) is 1. The molecule has 1 aliphatic rings. The predicted octanol–water partition coefficient (Wildman–Crippen LogP) is 2.38. The number of rotatable bonds is 3. The van der Waals surface area contributed by atoms with Crippen molar-refractivity contribution in [1.82, 2.24) is 4.90 Å². The molecule has 1 rings (SSSR count). The van der Waals surface area contributed by atoms with Crippen molar-refractivity contribution in [2.45, 2.75) is 19.3 Å². The van der Waals surface area contributed by atoms with Crippen LogP contribution in [0, 0.1) is 0 Å². The lowest BCUT2D eigenvalue weighted by atomic mass is 10.4. The van der Waals surface area contributed by atoms with Gasteiger partial charge in [0.2, 0.25) is 0 Å². The van der Waals surface area contributed by atoms with Crippen molar-refractivity contribution >= 4 is 15.9 Å². The molecule has 0 spiro atoms. The Kier molecular flexibility index (Phi) is 3.43. The van der Waals surface area contributed by atoms with Gasteiger partial charge in [-0.2, -0.15) is 0 Å². The quantitative estimate of drug-likeness (QED) is 0.682. The third kappa shape index (κ3) is 2.84. The van der Waals surface area contributed by atoms with E-state index in [9.17, 15) is 0 Å². The summed E-state index contributed by atoms with van der Waals surface area (Å²) in [5.74, 6) is 0. The Morgan fingerprint density at radius 3 is 2.50 bits per heavy atom. The lowest BCUT2D eigenvalue weighted by Crippen LogP contribution is -2.20. The molecule has 0 aromatic heterocycles. The van der Waals surface area contributed by atoms with Crippen LogP contribution >= 0.6 is 15.9 Å². The zero-order chi connectivity index (χ0) is 7.40. The van der Waals surface area contributed by atoms with E-state index in [1.807, 2.05) is 0 Å². The summed E-state index contributed by atoms with van der Waals surface area (Å²) < 4.78 is 1.12. The molecule has 0 amide bonds. The average molecular weight is 204 g/mol. The van der Waals surface area contributed by atoms with Crippen molar-refractivity contribution in [3.8, 4) is 0 Å². The first-order chi connectivity index (χ1) is 4.79. The Morgan fingerprint density at radius 2 is 2.00 bits per heavy atom. The Hall–Kier alpha value is 0.180. The maximum Gasteiger partial charge on any atom is 0.00267 e. The number of halogens is 1. The van der Waals surface area contributed by atoms with Crippen LogP contribution in [0.15, 0.2) is 11.1 Å². The van der Waals surface area contributed by atoms with Gasteiger partial charge >= 0.3 is 0 Å². The van der Waals surface area contributed by atoms with E-state index in [0.717, 1.165) is 10.9 Å². The van der Waals surface area contributed by atoms with Gasteiger partial charge in [0.05, 0.1) is 0 Å². The molecule has 1 aliphatic heterocycles. The minimum absolute atomic E-state index is 1.10. The van der Waals surface area contributed by atoms with Crippen molar-refractivity contribution < 1.29 is 0 Å². The fourth-order valence-corrected chi connectivity index (χ4v) is 1.46. The molecule has 0 unspecified atom stereocenters. The minimum atomic E-state index is 1.10. The predicted molar refractivity (Wildman–Crippen MR) is 48.4 cm³/mol. The Bertz CT molecular complexity index is 116. The third-order valence-corrected chi connectivity index (χ3v) is 2.29.